The Bertz CT molecular complexity index is 572. The highest BCUT2D eigenvalue weighted by Crippen LogP contribution is 2.13. The molecule has 0 spiro atoms. The molecule has 1 aromatic carbocycles. The van der Waals surface area contributed by atoms with Crippen LogP contribution in [0.15, 0.2) is 30.3 Å². The molecule has 112 valence electrons. The molecule has 0 aliphatic carbocycles. The van der Waals surface area contributed by atoms with Gasteiger partial charge >= 0.3 is 0 Å². The molecule has 0 saturated carbocycles. The Balaban J connectivity index is 1.90. The van der Waals surface area contributed by atoms with E-state index in [1.54, 1.807) is 20.3 Å². The van der Waals surface area contributed by atoms with Gasteiger partial charge in [0.2, 0.25) is 0 Å². The lowest BCUT2D eigenvalue weighted by Crippen LogP contribution is -2.09. The maximum Gasteiger partial charge on any atom is 0.158 e. The lowest BCUT2D eigenvalue weighted by atomic mass is 10.1. The summed E-state index contributed by atoms with van der Waals surface area (Å²) >= 11 is 0. The second-order valence-electron chi connectivity index (χ2n) is 4.55. The van der Waals surface area contributed by atoms with E-state index < -0.39 is 0 Å². The zero-order chi connectivity index (χ0) is 15.1. The number of anilines is 2. The molecule has 6 nitrogen and oxygen atoms in total. The van der Waals surface area contributed by atoms with Crippen molar-refractivity contribution >= 4 is 11.6 Å². The van der Waals surface area contributed by atoms with E-state index in [1.807, 2.05) is 24.3 Å². The average molecular weight is 288 g/mol. The summed E-state index contributed by atoms with van der Waals surface area (Å²) in [5.74, 6) is 2.58. The zero-order valence-electron chi connectivity index (χ0n) is 12.3. The third-order valence-electron chi connectivity index (χ3n) is 2.94. The minimum absolute atomic E-state index is 0.345. The molecule has 21 heavy (non-hydrogen) atoms. The van der Waals surface area contributed by atoms with Crippen molar-refractivity contribution in [3.05, 3.63) is 41.7 Å². The van der Waals surface area contributed by atoms with Crippen LogP contribution < -0.4 is 15.8 Å². The van der Waals surface area contributed by atoms with Crippen molar-refractivity contribution in [3.63, 3.8) is 0 Å². The van der Waals surface area contributed by atoms with Crippen LogP contribution in [0, 0.1) is 0 Å². The van der Waals surface area contributed by atoms with Gasteiger partial charge in [0, 0.05) is 19.7 Å². The number of nitrogen functional groups attached to an aromatic ring is 1. The van der Waals surface area contributed by atoms with Crippen molar-refractivity contribution < 1.29 is 9.47 Å². The summed E-state index contributed by atoms with van der Waals surface area (Å²) in [4.78, 5) is 8.43. The standard InChI is InChI=1S/C15H20N4O2/c1-20-10-15-18-13(16)9-14(19-15)17-8-7-11-3-5-12(21-2)6-4-11/h3-6,9H,7-8,10H2,1-2H3,(H3,16,17,18,19). The first-order chi connectivity index (χ1) is 10.2. The zero-order valence-corrected chi connectivity index (χ0v) is 12.3. The van der Waals surface area contributed by atoms with Crippen LogP contribution in [0.3, 0.4) is 0 Å². The van der Waals surface area contributed by atoms with Gasteiger partial charge in [-0.1, -0.05) is 12.1 Å². The smallest absolute Gasteiger partial charge is 0.158 e. The molecule has 3 N–H and O–H groups in total. The number of nitrogens with one attached hydrogen (secondary N) is 1. The van der Waals surface area contributed by atoms with Crippen molar-refractivity contribution in [2.75, 3.05) is 31.8 Å². The van der Waals surface area contributed by atoms with Gasteiger partial charge in [-0.15, -0.1) is 0 Å². The Kier molecular flexibility index (Phi) is 5.34. The minimum Gasteiger partial charge on any atom is -0.497 e. The monoisotopic (exact) mass is 288 g/mol. The van der Waals surface area contributed by atoms with Crippen LogP contribution in [0.5, 0.6) is 5.75 Å². The molecular weight excluding hydrogens is 268 g/mol. The Morgan fingerprint density at radius 3 is 2.57 bits per heavy atom. The molecule has 0 atom stereocenters. The Labute approximate surface area is 124 Å². The van der Waals surface area contributed by atoms with E-state index in [-0.39, 0.29) is 0 Å². The molecule has 1 heterocycles. The predicted molar refractivity (Wildman–Crippen MR) is 82.3 cm³/mol. The summed E-state index contributed by atoms with van der Waals surface area (Å²) in [6.07, 6.45) is 0.882. The summed E-state index contributed by atoms with van der Waals surface area (Å²) in [5.41, 5.74) is 6.97. The number of ether oxygens (including phenoxy) is 2. The van der Waals surface area contributed by atoms with Gasteiger partial charge in [0.05, 0.1) is 7.11 Å². The normalized spacial score (nSPS) is 10.4. The molecule has 0 unspecified atom stereocenters. The Morgan fingerprint density at radius 1 is 1.14 bits per heavy atom. The van der Waals surface area contributed by atoms with Crippen molar-refractivity contribution in [2.24, 2.45) is 0 Å². The maximum atomic E-state index is 5.74. The highest BCUT2D eigenvalue weighted by atomic mass is 16.5. The van der Waals surface area contributed by atoms with Crippen LogP contribution in [-0.4, -0.2) is 30.7 Å². The van der Waals surface area contributed by atoms with Gasteiger partial charge in [0.25, 0.3) is 0 Å². The predicted octanol–water partition coefficient (Wildman–Crippen LogP) is 1.87. The van der Waals surface area contributed by atoms with Crippen molar-refractivity contribution in [1.82, 2.24) is 9.97 Å². The number of nitrogens with two attached hydrogens (primary N) is 1. The lowest BCUT2D eigenvalue weighted by Gasteiger charge is -2.08. The number of rotatable bonds is 7. The molecule has 0 aliphatic heterocycles. The van der Waals surface area contributed by atoms with Crippen LogP contribution in [0.25, 0.3) is 0 Å². The van der Waals surface area contributed by atoms with E-state index in [0.717, 1.165) is 18.7 Å². The Hall–Kier alpha value is -2.34. The van der Waals surface area contributed by atoms with Crippen molar-refractivity contribution in [2.45, 2.75) is 13.0 Å². The highest BCUT2D eigenvalue weighted by molar-refractivity contribution is 5.44. The van der Waals surface area contributed by atoms with Crippen molar-refractivity contribution in [3.8, 4) is 5.75 Å². The molecule has 0 bridgehead atoms. The fourth-order valence-corrected chi connectivity index (χ4v) is 1.93. The van der Waals surface area contributed by atoms with E-state index in [1.165, 1.54) is 5.56 Å². The average Bonchev–Trinajstić information content (AvgIpc) is 2.48. The molecule has 1 aromatic heterocycles. The van der Waals surface area contributed by atoms with Gasteiger partial charge in [-0.3, -0.25) is 0 Å². The molecule has 0 fully saturated rings. The van der Waals surface area contributed by atoms with Gasteiger partial charge < -0.3 is 20.5 Å². The number of aromatic nitrogens is 2. The van der Waals surface area contributed by atoms with E-state index >= 15 is 0 Å². The number of methoxy groups -OCH3 is 2. The number of nitrogens with zero attached hydrogens (tertiary/aromatic N) is 2. The van der Waals surface area contributed by atoms with E-state index in [9.17, 15) is 0 Å². The molecule has 6 heteroatoms. The van der Waals surface area contributed by atoms with Crippen LogP contribution in [0.4, 0.5) is 11.6 Å². The number of hydrogen-bond acceptors (Lipinski definition) is 6. The number of benzene rings is 1. The molecule has 2 rings (SSSR count). The first-order valence-corrected chi connectivity index (χ1v) is 6.70. The fraction of sp³-hybridized carbons (Fsp3) is 0.333. The summed E-state index contributed by atoms with van der Waals surface area (Å²) in [7, 11) is 3.26. The Morgan fingerprint density at radius 2 is 1.90 bits per heavy atom. The largest absolute Gasteiger partial charge is 0.497 e. The SMILES string of the molecule is COCc1nc(N)cc(NCCc2ccc(OC)cc2)n1. The third kappa shape index (κ3) is 4.61. The molecule has 0 radical (unpaired) electrons. The van der Waals surface area contributed by atoms with Gasteiger partial charge in [0.1, 0.15) is 24.0 Å². The van der Waals surface area contributed by atoms with E-state index in [4.69, 9.17) is 15.2 Å². The van der Waals surface area contributed by atoms with Crippen LogP contribution in [-0.2, 0) is 17.8 Å². The van der Waals surface area contributed by atoms with E-state index in [0.29, 0.717) is 24.1 Å². The lowest BCUT2D eigenvalue weighted by molar-refractivity contribution is 0.178. The molecular formula is C15H20N4O2. The fourth-order valence-electron chi connectivity index (χ4n) is 1.93. The first-order valence-electron chi connectivity index (χ1n) is 6.70. The van der Waals surface area contributed by atoms with Gasteiger partial charge in [-0.05, 0) is 24.1 Å². The quantitative estimate of drug-likeness (QED) is 0.809. The summed E-state index contributed by atoms with van der Waals surface area (Å²) in [6, 6.07) is 9.72. The van der Waals surface area contributed by atoms with Gasteiger partial charge in [0.15, 0.2) is 5.82 Å². The molecule has 0 amide bonds. The molecule has 2 aromatic rings. The van der Waals surface area contributed by atoms with Gasteiger partial charge in [-0.25, -0.2) is 9.97 Å². The molecule has 0 aliphatic rings. The van der Waals surface area contributed by atoms with E-state index in [2.05, 4.69) is 15.3 Å². The van der Waals surface area contributed by atoms with Crippen LogP contribution in [0.1, 0.15) is 11.4 Å². The second kappa shape index (κ2) is 7.44. The summed E-state index contributed by atoms with van der Waals surface area (Å²) in [6.45, 7) is 1.10. The van der Waals surface area contributed by atoms with Crippen LogP contribution >= 0.6 is 0 Å². The summed E-state index contributed by atoms with van der Waals surface area (Å²) < 4.78 is 10.1. The second-order valence-corrected chi connectivity index (χ2v) is 4.55. The first kappa shape index (κ1) is 15.1. The minimum atomic E-state index is 0.345. The number of hydrogen-bond donors (Lipinski definition) is 2. The topological polar surface area (TPSA) is 82.3 Å². The maximum absolute atomic E-state index is 5.74. The van der Waals surface area contributed by atoms with Crippen molar-refractivity contribution in [1.29, 1.82) is 0 Å². The summed E-state index contributed by atoms with van der Waals surface area (Å²) in [5, 5.41) is 3.24. The third-order valence-corrected chi connectivity index (χ3v) is 2.94. The van der Waals surface area contributed by atoms with Crippen LogP contribution in [0.2, 0.25) is 0 Å². The molecule has 0 saturated heterocycles. The highest BCUT2D eigenvalue weighted by Gasteiger charge is 2.02. The van der Waals surface area contributed by atoms with Gasteiger partial charge in [-0.2, -0.15) is 0 Å².